The summed E-state index contributed by atoms with van der Waals surface area (Å²) in [5.41, 5.74) is 3.39. The van der Waals surface area contributed by atoms with E-state index in [0.29, 0.717) is 6.42 Å². The number of amides is 1. The van der Waals surface area contributed by atoms with Gasteiger partial charge >= 0.3 is 5.97 Å². The van der Waals surface area contributed by atoms with Gasteiger partial charge in [-0.3, -0.25) is 9.59 Å². The third-order valence-electron chi connectivity index (χ3n) is 4.96. The van der Waals surface area contributed by atoms with Crippen LogP contribution in [0.4, 0.5) is 5.69 Å². The smallest absolute Gasteiger partial charge is 0.303 e. The Morgan fingerprint density at radius 3 is 2.62 bits per heavy atom. The zero-order valence-corrected chi connectivity index (χ0v) is 13.8. The Hall–Kier alpha value is -2.14. The molecule has 0 spiro atoms. The summed E-state index contributed by atoms with van der Waals surface area (Å²) in [5, 5.41) is 14.9. The minimum atomic E-state index is -0.868. The molecule has 1 aliphatic heterocycles. The predicted molar refractivity (Wildman–Crippen MR) is 93.6 cm³/mol. The number of aliphatic carboxylic acids is 1. The first kappa shape index (κ1) is 16.7. The first-order chi connectivity index (χ1) is 11.6. The van der Waals surface area contributed by atoms with E-state index in [1.54, 1.807) is 0 Å². The molecule has 0 aromatic heterocycles. The summed E-state index contributed by atoms with van der Waals surface area (Å²) in [6.45, 7) is 2.26. The maximum atomic E-state index is 11.8. The van der Waals surface area contributed by atoms with Gasteiger partial charge in [0.1, 0.15) is 0 Å². The Balaban J connectivity index is 1.54. The molecule has 24 heavy (non-hydrogen) atoms. The summed E-state index contributed by atoms with van der Waals surface area (Å²) in [7, 11) is 0. The van der Waals surface area contributed by atoms with Crippen LogP contribution in [0.25, 0.3) is 5.57 Å². The molecule has 5 heteroatoms. The Kier molecular flexibility index (Phi) is 5.30. The van der Waals surface area contributed by atoms with Gasteiger partial charge in [0, 0.05) is 18.5 Å². The second kappa shape index (κ2) is 7.62. The van der Waals surface area contributed by atoms with Crippen LogP contribution in [0.1, 0.15) is 37.7 Å². The molecular formula is C19H24N2O3. The molecule has 3 rings (SSSR count). The van der Waals surface area contributed by atoms with Gasteiger partial charge in [0.25, 0.3) is 0 Å². The number of rotatable bonds is 6. The molecule has 0 bridgehead atoms. The number of hydrogen-bond donors (Lipinski definition) is 3. The fraction of sp³-hybridized carbons (Fsp3) is 0.474. The molecule has 0 radical (unpaired) electrons. The zero-order valence-electron chi connectivity index (χ0n) is 13.8. The van der Waals surface area contributed by atoms with Crippen molar-refractivity contribution in [2.75, 3.05) is 18.4 Å². The van der Waals surface area contributed by atoms with E-state index in [-0.39, 0.29) is 18.7 Å². The minimum absolute atomic E-state index is 0.0253. The predicted octanol–water partition coefficient (Wildman–Crippen LogP) is 2.89. The van der Waals surface area contributed by atoms with Crippen LogP contribution in [-0.4, -0.2) is 30.1 Å². The number of fused-ring (bicyclic) bond motifs is 1. The van der Waals surface area contributed by atoms with Gasteiger partial charge in [0.05, 0.1) is 0 Å². The highest BCUT2D eigenvalue weighted by atomic mass is 16.4. The normalized spacial score (nSPS) is 22.6. The molecule has 5 nitrogen and oxygen atoms in total. The number of nitrogens with one attached hydrogen (secondary N) is 2. The van der Waals surface area contributed by atoms with Crippen molar-refractivity contribution in [1.29, 1.82) is 0 Å². The lowest BCUT2D eigenvalue weighted by atomic mass is 9.80. The number of benzene rings is 1. The van der Waals surface area contributed by atoms with E-state index >= 15 is 0 Å². The van der Waals surface area contributed by atoms with Crippen molar-refractivity contribution in [2.45, 2.75) is 32.1 Å². The lowest BCUT2D eigenvalue weighted by Gasteiger charge is -2.24. The van der Waals surface area contributed by atoms with E-state index in [9.17, 15) is 9.59 Å². The van der Waals surface area contributed by atoms with E-state index in [2.05, 4.69) is 28.8 Å². The van der Waals surface area contributed by atoms with E-state index in [4.69, 9.17) is 5.11 Å². The van der Waals surface area contributed by atoms with Crippen LogP contribution in [0.3, 0.4) is 0 Å². The third-order valence-corrected chi connectivity index (χ3v) is 4.96. The maximum absolute atomic E-state index is 11.8. The van der Waals surface area contributed by atoms with Crippen LogP contribution >= 0.6 is 0 Å². The standard InChI is InChI=1S/C19H24N2O3/c22-18(2-1-3-19(23)24)21-17-8-6-13(7-9-17)14-4-5-15-11-20-12-16(15)10-14/h4,6-9,15-16,20H,1-3,5,10-12H2,(H,21,22)(H,23,24). The molecule has 128 valence electrons. The summed E-state index contributed by atoms with van der Waals surface area (Å²) < 4.78 is 0. The second-order valence-corrected chi connectivity index (χ2v) is 6.72. The first-order valence-corrected chi connectivity index (χ1v) is 8.63. The lowest BCUT2D eigenvalue weighted by molar-refractivity contribution is -0.137. The van der Waals surface area contributed by atoms with Gasteiger partial charge in [0.15, 0.2) is 0 Å². The molecule has 3 N–H and O–H groups in total. The Labute approximate surface area is 142 Å². The minimum Gasteiger partial charge on any atom is -0.481 e. The van der Waals surface area contributed by atoms with E-state index in [1.165, 1.54) is 11.1 Å². The Morgan fingerprint density at radius 1 is 1.12 bits per heavy atom. The van der Waals surface area contributed by atoms with Gasteiger partial charge in [0.2, 0.25) is 5.91 Å². The van der Waals surface area contributed by atoms with Crippen molar-refractivity contribution in [2.24, 2.45) is 11.8 Å². The highest BCUT2D eigenvalue weighted by Crippen LogP contribution is 2.36. The molecule has 1 aliphatic carbocycles. The number of anilines is 1. The van der Waals surface area contributed by atoms with Crippen molar-refractivity contribution in [3.05, 3.63) is 35.9 Å². The number of carboxylic acids is 1. The molecule has 0 saturated carbocycles. The Morgan fingerprint density at radius 2 is 1.88 bits per heavy atom. The lowest BCUT2D eigenvalue weighted by Crippen LogP contribution is -2.16. The Bertz CT molecular complexity index is 637. The van der Waals surface area contributed by atoms with Gasteiger partial charge < -0.3 is 15.7 Å². The largest absolute Gasteiger partial charge is 0.481 e. The van der Waals surface area contributed by atoms with E-state index in [1.807, 2.05) is 12.1 Å². The van der Waals surface area contributed by atoms with Crippen molar-refractivity contribution in [3.63, 3.8) is 0 Å². The molecule has 2 unspecified atom stereocenters. The summed E-state index contributed by atoms with van der Waals surface area (Å²) >= 11 is 0. The van der Waals surface area contributed by atoms with Gasteiger partial charge in [-0.2, -0.15) is 0 Å². The fourth-order valence-corrected chi connectivity index (χ4v) is 3.59. The molecule has 1 aromatic carbocycles. The number of allylic oxidation sites excluding steroid dienone is 2. The van der Waals surface area contributed by atoms with Crippen LogP contribution in [0.2, 0.25) is 0 Å². The number of carbonyl (C=O) groups excluding carboxylic acids is 1. The molecule has 1 aromatic rings. The molecule has 2 aliphatic rings. The van der Waals surface area contributed by atoms with Crippen molar-refractivity contribution in [3.8, 4) is 0 Å². The molecule has 1 amide bonds. The van der Waals surface area contributed by atoms with Crippen LogP contribution < -0.4 is 10.6 Å². The zero-order chi connectivity index (χ0) is 16.9. The summed E-state index contributed by atoms with van der Waals surface area (Å²) in [6, 6.07) is 7.96. The number of hydrogen-bond acceptors (Lipinski definition) is 3. The van der Waals surface area contributed by atoms with Gasteiger partial charge in [-0.05, 0) is 67.5 Å². The van der Waals surface area contributed by atoms with Crippen molar-refractivity contribution < 1.29 is 14.7 Å². The number of carboxylic acid groups (broad SMARTS) is 1. The molecule has 1 saturated heterocycles. The average molecular weight is 328 g/mol. The molecular weight excluding hydrogens is 304 g/mol. The highest BCUT2D eigenvalue weighted by Gasteiger charge is 2.30. The topological polar surface area (TPSA) is 78.4 Å². The van der Waals surface area contributed by atoms with E-state index < -0.39 is 5.97 Å². The molecule has 1 heterocycles. The summed E-state index contributed by atoms with van der Waals surface area (Å²) in [6.07, 6.45) is 5.25. The maximum Gasteiger partial charge on any atom is 0.303 e. The van der Waals surface area contributed by atoms with Gasteiger partial charge in [-0.1, -0.05) is 18.2 Å². The van der Waals surface area contributed by atoms with Crippen LogP contribution in [0.5, 0.6) is 0 Å². The van der Waals surface area contributed by atoms with Crippen LogP contribution in [-0.2, 0) is 9.59 Å². The number of carbonyl (C=O) groups is 2. The molecule has 2 atom stereocenters. The van der Waals surface area contributed by atoms with Gasteiger partial charge in [-0.25, -0.2) is 0 Å². The average Bonchev–Trinajstić information content (AvgIpc) is 3.02. The van der Waals surface area contributed by atoms with Crippen LogP contribution in [0, 0.1) is 11.8 Å². The second-order valence-electron chi connectivity index (χ2n) is 6.72. The fourth-order valence-electron chi connectivity index (χ4n) is 3.59. The van der Waals surface area contributed by atoms with Crippen LogP contribution in [0.15, 0.2) is 30.3 Å². The summed E-state index contributed by atoms with van der Waals surface area (Å²) in [4.78, 5) is 22.2. The summed E-state index contributed by atoms with van der Waals surface area (Å²) in [5.74, 6) is 0.532. The van der Waals surface area contributed by atoms with Crippen molar-refractivity contribution in [1.82, 2.24) is 5.32 Å². The monoisotopic (exact) mass is 328 g/mol. The highest BCUT2D eigenvalue weighted by molar-refractivity contribution is 5.91. The third kappa shape index (κ3) is 4.23. The molecule has 1 fully saturated rings. The SMILES string of the molecule is O=C(O)CCCC(=O)Nc1ccc(C2=CCC3CNCC3C2)cc1. The quantitative estimate of drug-likeness (QED) is 0.750. The van der Waals surface area contributed by atoms with E-state index in [0.717, 1.165) is 43.5 Å². The van der Waals surface area contributed by atoms with Gasteiger partial charge in [-0.15, -0.1) is 0 Å². The van der Waals surface area contributed by atoms with Crippen molar-refractivity contribution >= 4 is 23.1 Å². The first-order valence-electron chi connectivity index (χ1n) is 8.63.